The lowest BCUT2D eigenvalue weighted by Crippen LogP contribution is -2.41. The Hall–Kier alpha value is -1.79. The van der Waals surface area contributed by atoms with E-state index in [9.17, 15) is 4.79 Å². The van der Waals surface area contributed by atoms with Gasteiger partial charge in [0.1, 0.15) is 11.5 Å². The van der Waals surface area contributed by atoms with Crippen LogP contribution in [0.4, 0.5) is 0 Å². The monoisotopic (exact) mass is 322 g/mol. The average Bonchev–Trinajstić information content (AvgIpc) is 2.60. The number of methoxy groups -OCH3 is 2. The van der Waals surface area contributed by atoms with Gasteiger partial charge in [-0.25, -0.2) is 0 Å². The summed E-state index contributed by atoms with van der Waals surface area (Å²) in [7, 11) is 3.24. The Morgan fingerprint density at radius 1 is 1.17 bits per heavy atom. The number of carbonyl (C=O) groups is 1. The molecule has 1 aliphatic rings. The maximum Gasteiger partial charge on any atom is 0.220 e. The van der Waals surface area contributed by atoms with Crippen LogP contribution in [0.1, 0.15) is 12.0 Å². The van der Waals surface area contributed by atoms with Crippen LogP contribution >= 0.6 is 0 Å². The van der Waals surface area contributed by atoms with E-state index in [1.165, 1.54) is 0 Å². The minimum Gasteiger partial charge on any atom is -0.497 e. The molecule has 0 spiro atoms. The number of hydrogen-bond donors (Lipinski definition) is 1. The molecule has 0 atom stereocenters. The standard InChI is InChI=1S/C17H26N2O4/c1-21-15-11-14(12-16(13-15)22-2)3-4-17(20)18-5-6-19-7-9-23-10-8-19/h11-13H,3-10H2,1-2H3,(H,18,20). The molecule has 0 radical (unpaired) electrons. The first-order valence-corrected chi connectivity index (χ1v) is 8.00. The molecule has 6 heteroatoms. The summed E-state index contributed by atoms with van der Waals surface area (Å²) in [5.41, 5.74) is 1.03. The molecule has 0 bridgehead atoms. The predicted octanol–water partition coefficient (Wildman–Crippen LogP) is 1.08. The summed E-state index contributed by atoms with van der Waals surface area (Å²) in [6, 6.07) is 5.69. The Bertz CT molecular complexity index is 479. The third kappa shape index (κ3) is 6.08. The second-order valence-electron chi connectivity index (χ2n) is 5.52. The number of nitrogens with zero attached hydrogens (tertiary/aromatic N) is 1. The zero-order valence-corrected chi connectivity index (χ0v) is 14.0. The Morgan fingerprint density at radius 3 is 2.43 bits per heavy atom. The van der Waals surface area contributed by atoms with Crippen LogP contribution in [0.2, 0.25) is 0 Å². The number of aryl methyl sites for hydroxylation is 1. The maximum absolute atomic E-state index is 12.0. The van der Waals surface area contributed by atoms with Gasteiger partial charge in [0.2, 0.25) is 5.91 Å². The molecule has 2 rings (SSSR count). The summed E-state index contributed by atoms with van der Waals surface area (Å²) >= 11 is 0. The molecule has 0 saturated carbocycles. The van der Waals surface area contributed by atoms with E-state index in [0.717, 1.165) is 49.9 Å². The minimum absolute atomic E-state index is 0.0695. The van der Waals surface area contributed by atoms with Gasteiger partial charge in [0, 0.05) is 38.7 Å². The molecule has 128 valence electrons. The van der Waals surface area contributed by atoms with Gasteiger partial charge in [-0.3, -0.25) is 9.69 Å². The molecule has 1 fully saturated rings. The highest BCUT2D eigenvalue weighted by atomic mass is 16.5. The molecule has 0 aromatic heterocycles. The highest BCUT2D eigenvalue weighted by Crippen LogP contribution is 2.23. The summed E-state index contributed by atoms with van der Waals surface area (Å²) < 4.78 is 15.8. The predicted molar refractivity (Wildman–Crippen MR) is 88.1 cm³/mol. The molecule has 23 heavy (non-hydrogen) atoms. The number of morpholine rings is 1. The van der Waals surface area contributed by atoms with Crippen LogP contribution in [0.5, 0.6) is 11.5 Å². The van der Waals surface area contributed by atoms with Crippen molar-refractivity contribution in [2.75, 3.05) is 53.6 Å². The molecule has 1 amide bonds. The van der Waals surface area contributed by atoms with Gasteiger partial charge in [0.15, 0.2) is 0 Å². The van der Waals surface area contributed by atoms with E-state index >= 15 is 0 Å². The normalized spacial score (nSPS) is 15.2. The first-order chi connectivity index (χ1) is 11.2. The van der Waals surface area contributed by atoms with Crippen molar-refractivity contribution in [3.8, 4) is 11.5 Å². The van der Waals surface area contributed by atoms with Crippen LogP contribution in [0.25, 0.3) is 0 Å². The SMILES string of the molecule is COc1cc(CCC(=O)NCCN2CCOCC2)cc(OC)c1. The van der Waals surface area contributed by atoms with Crippen LogP contribution < -0.4 is 14.8 Å². The second-order valence-corrected chi connectivity index (χ2v) is 5.52. The lowest BCUT2D eigenvalue weighted by molar-refractivity contribution is -0.121. The topological polar surface area (TPSA) is 60.0 Å². The van der Waals surface area contributed by atoms with E-state index in [2.05, 4.69) is 10.2 Å². The van der Waals surface area contributed by atoms with Crippen LogP contribution in [0.15, 0.2) is 18.2 Å². The summed E-state index contributed by atoms with van der Waals surface area (Å²) in [5, 5.41) is 2.97. The van der Waals surface area contributed by atoms with Gasteiger partial charge in [-0.05, 0) is 24.1 Å². The van der Waals surface area contributed by atoms with E-state index in [4.69, 9.17) is 14.2 Å². The number of nitrogens with one attached hydrogen (secondary N) is 1. The van der Waals surface area contributed by atoms with Crippen LogP contribution in [-0.4, -0.2) is 64.4 Å². The first-order valence-electron chi connectivity index (χ1n) is 8.00. The van der Waals surface area contributed by atoms with Crippen LogP contribution in [0.3, 0.4) is 0 Å². The molecule has 1 aliphatic heterocycles. The molecule has 1 heterocycles. The Labute approximate surface area is 137 Å². The molecule has 0 aliphatic carbocycles. The zero-order valence-electron chi connectivity index (χ0n) is 14.0. The molecular formula is C17H26N2O4. The number of rotatable bonds is 8. The van der Waals surface area contributed by atoms with Gasteiger partial charge in [-0.2, -0.15) is 0 Å². The third-order valence-corrected chi connectivity index (χ3v) is 3.91. The van der Waals surface area contributed by atoms with Crippen molar-refractivity contribution in [1.29, 1.82) is 0 Å². The highest BCUT2D eigenvalue weighted by molar-refractivity contribution is 5.76. The number of ether oxygens (including phenoxy) is 3. The van der Waals surface area contributed by atoms with Gasteiger partial charge in [-0.1, -0.05) is 0 Å². The maximum atomic E-state index is 12.0. The molecule has 1 aromatic rings. The summed E-state index contributed by atoms with van der Waals surface area (Å²) in [4.78, 5) is 14.3. The average molecular weight is 322 g/mol. The molecule has 6 nitrogen and oxygen atoms in total. The Balaban J connectivity index is 1.71. The number of amides is 1. The second kappa shape index (κ2) is 9.37. The molecule has 0 unspecified atom stereocenters. The van der Waals surface area contributed by atoms with Crippen molar-refractivity contribution in [3.63, 3.8) is 0 Å². The largest absolute Gasteiger partial charge is 0.497 e. The Morgan fingerprint density at radius 2 is 1.83 bits per heavy atom. The van der Waals surface area contributed by atoms with Gasteiger partial charge in [-0.15, -0.1) is 0 Å². The van der Waals surface area contributed by atoms with E-state index in [-0.39, 0.29) is 5.91 Å². The van der Waals surface area contributed by atoms with Gasteiger partial charge in [0.05, 0.1) is 27.4 Å². The highest BCUT2D eigenvalue weighted by Gasteiger charge is 2.10. The van der Waals surface area contributed by atoms with Crippen molar-refractivity contribution >= 4 is 5.91 Å². The van der Waals surface area contributed by atoms with Crippen LogP contribution in [-0.2, 0) is 16.0 Å². The quantitative estimate of drug-likeness (QED) is 0.776. The zero-order chi connectivity index (χ0) is 16.5. The summed E-state index contributed by atoms with van der Waals surface area (Å²) in [6.45, 7) is 5.01. The van der Waals surface area contributed by atoms with Gasteiger partial charge < -0.3 is 19.5 Å². The number of carbonyl (C=O) groups excluding carboxylic acids is 1. The van der Waals surface area contributed by atoms with Crippen LogP contribution in [0, 0.1) is 0 Å². The Kier molecular flexibility index (Phi) is 7.16. The lowest BCUT2D eigenvalue weighted by Gasteiger charge is -2.26. The fourth-order valence-electron chi connectivity index (χ4n) is 2.54. The van der Waals surface area contributed by atoms with Crippen molar-refractivity contribution in [1.82, 2.24) is 10.2 Å². The van der Waals surface area contributed by atoms with Crippen molar-refractivity contribution in [2.45, 2.75) is 12.8 Å². The number of benzene rings is 1. The van der Waals surface area contributed by atoms with Crippen molar-refractivity contribution < 1.29 is 19.0 Å². The summed E-state index contributed by atoms with van der Waals surface area (Å²) in [5.74, 6) is 1.55. The van der Waals surface area contributed by atoms with E-state index in [1.54, 1.807) is 14.2 Å². The van der Waals surface area contributed by atoms with Gasteiger partial charge >= 0.3 is 0 Å². The van der Waals surface area contributed by atoms with Crippen molar-refractivity contribution in [2.24, 2.45) is 0 Å². The smallest absolute Gasteiger partial charge is 0.220 e. The van der Waals surface area contributed by atoms with Gasteiger partial charge in [0.25, 0.3) is 0 Å². The third-order valence-electron chi connectivity index (χ3n) is 3.91. The molecular weight excluding hydrogens is 296 g/mol. The van der Waals surface area contributed by atoms with E-state index in [1.807, 2.05) is 18.2 Å². The fourth-order valence-corrected chi connectivity index (χ4v) is 2.54. The lowest BCUT2D eigenvalue weighted by atomic mass is 10.1. The molecule has 1 N–H and O–H groups in total. The van der Waals surface area contributed by atoms with Crippen molar-refractivity contribution in [3.05, 3.63) is 23.8 Å². The number of hydrogen-bond acceptors (Lipinski definition) is 5. The summed E-state index contributed by atoms with van der Waals surface area (Å²) in [6.07, 6.45) is 1.12. The minimum atomic E-state index is 0.0695. The van der Waals surface area contributed by atoms with E-state index < -0.39 is 0 Å². The molecule has 1 saturated heterocycles. The van der Waals surface area contributed by atoms with E-state index in [0.29, 0.717) is 19.4 Å². The first kappa shape index (κ1) is 17.6. The molecule has 1 aromatic carbocycles. The fraction of sp³-hybridized carbons (Fsp3) is 0.588.